The molecule has 0 fully saturated rings. The van der Waals surface area contributed by atoms with Crippen LogP contribution in [0.4, 0.5) is 10.5 Å². The molecule has 30 heavy (non-hydrogen) atoms. The lowest BCUT2D eigenvalue weighted by molar-refractivity contribution is 0.207. The number of urea groups is 1. The van der Waals surface area contributed by atoms with Gasteiger partial charge in [0.1, 0.15) is 5.75 Å². The molecule has 0 unspecified atom stereocenters. The molecule has 0 spiro atoms. The Morgan fingerprint density at radius 2 is 2.00 bits per heavy atom. The lowest BCUT2D eigenvalue weighted by Gasteiger charge is -2.24. The maximum atomic E-state index is 13.0. The molecule has 0 saturated heterocycles. The highest BCUT2D eigenvalue weighted by Crippen LogP contribution is 2.29. The van der Waals surface area contributed by atoms with Crippen molar-refractivity contribution in [2.75, 3.05) is 18.5 Å². The van der Waals surface area contributed by atoms with E-state index in [9.17, 15) is 4.79 Å². The van der Waals surface area contributed by atoms with Crippen molar-refractivity contribution in [2.45, 2.75) is 26.4 Å². The molecule has 2 aromatic carbocycles. The minimum atomic E-state index is -0.237. The van der Waals surface area contributed by atoms with Gasteiger partial charge in [-0.2, -0.15) is 0 Å². The van der Waals surface area contributed by atoms with Gasteiger partial charge in [0.15, 0.2) is 0 Å². The van der Waals surface area contributed by atoms with Crippen LogP contribution in [0.25, 0.3) is 0 Å². The van der Waals surface area contributed by atoms with E-state index in [1.807, 2.05) is 42.0 Å². The second-order valence-electron chi connectivity index (χ2n) is 6.68. The van der Waals surface area contributed by atoms with Gasteiger partial charge in [0.25, 0.3) is 0 Å². The predicted molar refractivity (Wildman–Crippen MR) is 120 cm³/mol. The van der Waals surface area contributed by atoms with Crippen molar-refractivity contribution >= 4 is 34.9 Å². The fraction of sp³-hybridized carbons (Fsp3) is 0.273. The number of nitrogens with one attached hydrogen (secondary N) is 1. The van der Waals surface area contributed by atoms with Crippen LogP contribution in [0.1, 0.15) is 18.9 Å². The highest BCUT2D eigenvalue weighted by atomic mass is 35.5. The summed E-state index contributed by atoms with van der Waals surface area (Å²) in [5.74, 6) is 0.808. The van der Waals surface area contributed by atoms with Gasteiger partial charge in [-0.25, -0.2) is 9.78 Å². The number of aromatic nitrogens is 2. The van der Waals surface area contributed by atoms with Gasteiger partial charge in [-0.1, -0.05) is 41.4 Å². The second-order valence-corrected chi connectivity index (χ2v) is 7.47. The molecule has 3 rings (SSSR count). The lowest BCUT2D eigenvalue weighted by Crippen LogP contribution is -2.35. The molecule has 158 valence electrons. The zero-order chi connectivity index (χ0) is 21.3. The van der Waals surface area contributed by atoms with Gasteiger partial charge in [-0.15, -0.1) is 0 Å². The van der Waals surface area contributed by atoms with E-state index in [1.54, 1.807) is 35.6 Å². The number of amides is 2. The van der Waals surface area contributed by atoms with E-state index >= 15 is 0 Å². The van der Waals surface area contributed by atoms with Crippen molar-refractivity contribution in [3.63, 3.8) is 0 Å². The van der Waals surface area contributed by atoms with E-state index in [1.165, 1.54) is 0 Å². The summed E-state index contributed by atoms with van der Waals surface area (Å²) in [6, 6.07) is 12.7. The normalized spacial score (nSPS) is 10.6. The van der Waals surface area contributed by atoms with Gasteiger partial charge in [0, 0.05) is 32.0 Å². The Hall–Kier alpha value is -2.70. The average molecular weight is 447 g/mol. The van der Waals surface area contributed by atoms with E-state index in [0.717, 1.165) is 24.3 Å². The number of hydrogen-bond acceptors (Lipinski definition) is 3. The van der Waals surface area contributed by atoms with Crippen LogP contribution in [-0.2, 0) is 13.1 Å². The van der Waals surface area contributed by atoms with Gasteiger partial charge in [-0.3, -0.25) is 0 Å². The molecule has 0 atom stereocenters. The largest absolute Gasteiger partial charge is 0.494 e. The quantitative estimate of drug-likeness (QED) is 0.457. The third kappa shape index (κ3) is 6.15. The number of aryl methyl sites for hydroxylation is 1. The molecular formula is C22H24Cl2N4O2. The number of carbonyl (C=O) groups is 1. The molecule has 1 heterocycles. The Balaban J connectivity index is 1.70. The molecule has 0 saturated carbocycles. The van der Waals surface area contributed by atoms with E-state index in [2.05, 4.69) is 10.3 Å². The Labute approximate surface area is 186 Å². The summed E-state index contributed by atoms with van der Waals surface area (Å²) in [4.78, 5) is 18.8. The fourth-order valence-corrected chi connectivity index (χ4v) is 3.34. The molecule has 1 aromatic heterocycles. The van der Waals surface area contributed by atoms with Crippen LogP contribution < -0.4 is 10.1 Å². The average Bonchev–Trinajstić information content (AvgIpc) is 3.26. The Bertz CT molecular complexity index is 946. The van der Waals surface area contributed by atoms with Gasteiger partial charge >= 0.3 is 6.03 Å². The van der Waals surface area contributed by atoms with E-state index in [-0.39, 0.29) is 6.03 Å². The third-order valence-electron chi connectivity index (χ3n) is 4.49. The summed E-state index contributed by atoms with van der Waals surface area (Å²) in [6.45, 7) is 4.35. The summed E-state index contributed by atoms with van der Waals surface area (Å²) in [7, 11) is 0. The molecule has 0 bridgehead atoms. The lowest BCUT2D eigenvalue weighted by atomic mass is 10.2. The number of benzene rings is 2. The number of imidazole rings is 1. The summed E-state index contributed by atoms with van der Waals surface area (Å²) in [5.41, 5.74) is 1.49. The smallest absolute Gasteiger partial charge is 0.322 e. The number of rotatable bonds is 9. The van der Waals surface area contributed by atoms with E-state index in [4.69, 9.17) is 27.9 Å². The van der Waals surface area contributed by atoms with Crippen molar-refractivity contribution in [3.8, 4) is 5.75 Å². The maximum absolute atomic E-state index is 13.0. The van der Waals surface area contributed by atoms with Crippen molar-refractivity contribution in [1.29, 1.82) is 0 Å². The first kappa shape index (κ1) is 22.0. The minimum Gasteiger partial charge on any atom is -0.494 e. The molecule has 1 N–H and O–H groups in total. The standard InChI is InChI=1S/C22H24Cl2N4O2/c1-2-30-18-9-7-17(8-10-18)15-28(13-4-12-27-14-11-25-16-27)22(29)26-20-6-3-5-19(23)21(20)24/h3,5-11,14,16H,2,4,12-13,15H2,1H3,(H,26,29). The van der Waals surface area contributed by atoms with Crippen molar-refractivity contribution < 1.29 is 9.53 Å². The van der Waals surface area contributed by atoms with Crippen LogP contribution in [0.15, 0.2) is 61.2 Å². The van der Waals surface area contributed by atoms with Gasteiger partial charge in [-0.05, 0) is 43.2 Å². The number of carbonyl (C=O) groups excluding carboxylic acids is 1. The number of nitrogens with zero attached hydrogens (tertiary/aromatic N) is 3. The Kier molecular flexibility index (Phi) is 7.99. The zero-order valence-corrected chi connectivity index (χ0v) is 18.2. The van der Waals surface area contributed by atoms with Crippen molar-refractivity contribution in [2.24, 2.45) is 0 Å². The van der Waals surface area contributed by atoms with Crippen LogP contribution >= 0.6 is 23.2 Å². The van der Waals surface area contributed by atoms with Crippen LogP contribution in [0.2, 0.25) is 10.0 Å². The SMILES string of the molecule is CCOc1ccc(CN(CCCn2ccnc2)C(=O)Nc2cccc(Cl)c2Cl)cc1. The second kappa shape index (κ2) is 10.9. The molecular weight excluding hydrogens is 423 g/mol. The van der Waals surface area contributed by atoms with E-state index in [0.29, 0.717) is 35.4 Å². The molecule has 0 aliphatic heterocycles. The molecule has 3 aromatic rings. The van der Waals surface area contributed by atoms with Gasteiger partial charge in [0.2, 0.25) is 0 Å². The highest BCUT2D eigenvalue weighted by molar-refractivity contribution is 6.43. The summed E-state index contributed by atoms with van der Waals surface area (Å²) in [6.07, 6.45) is 6.20. The van der Waals surface area contributed by atoms with Crippen molar-refractivity contribution in [3.05, 3.63) is 76.8 Å². The molecule has 6 nitrogen and oxygen atoms in total. The first-order valence-corrected chi connectivity index (χ1v) is 10.5. The molecule has 0 aliphatic rings. The van der Waals surface area contributed by atoms with Crippen LogP contribution in [0.3, 0.4) is 0 Å². The number of halogens is 2. The Morgan fingerprint density at radius 3 is 2.70 bits per heavy atom. The first-order chi connectivity index (χ1) is 14.6. The number of hydrogen-bond donors (Lipinski definition) is 1. The summed E-state index contributed by atoms with van der Waals surface area (Å²) in [5, 5.41) is 3.60. The zero-order valence-electron chi connectivity index (χ0n) is 16.7. The summed E-state index contributed by atoms with van der Waals surface area (Å²) < 4.78 is 7.48. The van der Waals surface area contributed by atoms with Crippen molar-refractivity contribution in [1.82, 2.24) is 14.5 Å². The minimum absolute atomic E-state index is 0.237. The predicted octanol–water partition coefficient (Wildman–Crippen LogP) is 5.71. The monoisotopic (exact) mass is 446 g/mol. The molecule has 0 radical (unpaired) electrons. The maximum Gasteiger partial charge on any atom is 0.322 e. The topological polar surface area (TPSA) is 59.4 Å². The van der Waals surface area contributed by atoms with Gasteiger partial charge < -0.3 is 19.5 Å². The Morgan fingerprint density at radius 1 is 1.20 bits per heavy atom. The van der Waals surface area contributed by atoms with Crippen LogP contribution in [-0.4, -0.2) is 33.6 Å². The van der Waals surface area contributed by atoms with E-state index < -0.39 is 0 Å². The fourth-order valence-electron chi connectivity index (χ4n) is 2.99. The molecule has 0 aliphatic carbocycles. The summed E-state index contributed by atoms with van der Waals surface area (Å²) >= 11 is 12.3. The number of anilines is 1. The third-order valence-corrected chi connectivity index (χ3v) is 5.31. The first-order valence-electron chi connectivity index (χ1n) is 9.74. The van der Waals surface area contributed by atoms with Crippen LogP contribution in [0.5, 0.6) is 5.75 Å². The molecule has 2 amide bonds. The number of ether oxygens (including phenoxy) is 1. The van der Waals surface area contributed by atoms with Gasteiger partial charge in [0.05, 0.1) is 28.7 Å². The molecule has 8 heteroatoms. The highest BCUT2D eigenvalue weighted by Gasteiger charge is 2.16. The van der Waals surface area contributed by atoms with Crippen LogP contribution in [0, 0.1) is 0 Å².